The van der Waals surface area contributed by atoms with Crippen molar-refractivity contribution >= 4 is 0 Å². The third-order valence-corrected chi connectivity index (χ3v) is 7.92. The molecular formula is C37H34F3N3O5. The molecule has 6 rings (SSSR count). The highest BCUT2D eigenvalue weighted by molar-refractivity contribution is 5.58. The molecule has 48 heavy (non-hydrogen) atoms. The molecule has 0 amide bonds. The summed E-state index contributed by atoms with van der Waals surface area (Å²) >= 11 is 0. The van der Waals surface area contributed by atoms with Gasteiger partial charge in [-0.25, -0.2) is 17.9 Å². The number of rotatable bonds is 13. The average molecular weight is 658 g/mol. The van der Waals surface area contributed by atoms with Gasteiger partial charge in [0.1, 0.15) is 35.8 Å². The minimum absolute atomic E-state index is 0.00193. The summed E-state index contributed by atoms with van der Waals surface area (Å²) in [6.07, 6.45) is 0.708. The SMILES string of the molecule is OC/C=C1/O[C@H](COCc2ccccc2)[C@H](OCc2ccccc2)[C@H](n2cc(-c3cc(F)c(F)c(F)c3)nn2)[C@H]1OCc1ccccc1. The van der Waals surface area contributed by atoms with Gasteiger partial charge in [0, 0.05) is 5.56 Å². The maximum absolute atomic E-state index is 14.2. The fourth-order valence-electron chi connectivity index (χ4n) is 5.58. The van der Waals surface area contributed by atoms with Crippen LogP contribution >= 0.6 is 0 Å². The molecule has 0 saturated carbocycles. The summed E-state index contributed by atoms with van der Waals surface area (Å²) in [6.45, 7) is 0.483. The number of aromatic nitrogens is 3. The number of aliphatic hydroxyl groups is 1. The molecule has 2 heterocycles. The fourth-order valence-corrected chi connectivity index (χ4v) is 5.58. The summed E-state index contributed by atoms with van der Waals surface area (Å²) in [4.78, 5) is 0. The van der Waals surface area contributed by atoms with E-state index in [9.17, 15) is 18.3 Å². The molecule has 4 atom stereocenters. The Morgan fingerprint density at radius 3 is 1.92 bits per heavy atom. The zero-order valence-corrected chi connectivity index (χ0v) is 25.9. The number of hydrogen-bond acceptors (Lipinski definition) is 7. The van der Waals surface area contributed by atoms with Gasteiger partial charge in [0.2, 0.25) is 0 Å². The molecule has 1 aliphatic rings. The van der Waals surface area contributed by atoms with Crippen LogP contribution in [0.5, 0.6) is 0 Å². The van der Waals surface area contributed by atoms with Crippen LogP contribution in [0.3, 0.4) is 0 Å². The molecule has 0 radical (unpaired) electrons. The maximum atomic E-state index is 14.2. The summed E-state index contributed by atoms with van der Waals surface area (Å²) in [5, 5.41) is 18.6. The van der Waals surface area contributed by atoms with Crippen LogP contribution < -0.4 is 0 Å². The van der Waals surface area contributed by atoms with Crippen LogP contribution in [0.15, 0.2) is 121 Å². The highest BCUT2D eigenvalue weighted by Gasteiger charge is 2.47. The van der Waals surface area contributed by atoms with Gasteiger partial charge in [-0.3, -0.25) is 0 Å². The van der Waals surface area contributed by atoms with E-state index in [0.717, 1.165) is 28.8 Å². The van der Waals surface area contributed by atoms with Crippen LogP contribution in [0.1, 0.15) is 22.7 Å². The van der Waals surface area contributed by atoms with Gasteiger partial charge >= 0.3 is 0 Å². The van der Waals surface area contributed by atoms with Crippen molar-refractivity contribution in [2.75, 3.05) is 13.2 Å². The standard InChI is InChI=1S/C37H34F3N3O5/c38-29-18-28(19-30(39)34(29)40)31-20-43(42-41-31)35-36(46-22-26-12-6-2-7-13-26)32(16-17-44)48-33(24-45-21-25-10-4-1-5-11-25)37(35)47-23-27-14-8-3-9-15-27/h1-16,18-20,33,35-37,44H,17,21-24H2/b32-16+/t33-,35-,36+,37+/m1/s1. The quantitative estimate of drug-likeness (QED) is 0.144. The third-order valence-electron chi connectivity index (χ3n) is 7.92. The Kier molecular flexibility index (Phi) is 10.9. The smallest absolute Gasteiger partial charge is 0.194 e. The van der Waals surface area contributed by atoms with Gasteiger partial charge < -0.3 is 24.1 Å². The second-order valence-corrected chi connectivity index (χ2v) is 11.3. The number of halogens is 3. The van der Waals surface area contributed by atoms with Crippen LogP contribution in [0.2, 0.25) is 0 Å². The summed E-state index contributed by atoms with van der Waals surface area (Å²) in [7, 11) is 0. The van der Waals surface area contributed by atoms with Crippen LogP contribution in [-0.4, -0.2) is 51.6 Å². The number of nitrogens with zero attached hydrogens (tertiary/aromatic N) is 3. The highest BCUT2D eigenvalue weighted by atomic mass is 19.2. The first-order valence-electron chi connectivity index (χ1n) is 15.5. The van der Waals surface area contributed by atoms with E-state index >= 15 is 0 Å². The number of hydrogen-bond donors (Lipinski definition) is 1. The monoisotopic (exact) mass is 657 g/mol. The summed E-state index contributed by atoms with van der Waals surface area (Å²) in [5.74, 6) is -3.93. The van der Waals surface area contributed by atoms with Crippen molar-refractivity contribution in [2.24, 2.45) is 0 Å². The Morgan fingerprint density at radius 2 is 1.33 bits per heavy atom. The van der Waals surface area contributed by atoms with Gasteiger partial charge in [0.25, 0.3) is 0 Å². The molecular weight excluding hydrogens is 623 g/mol. The van der Waals surface area contributed by atoms with Crippen molar-refractivity contribution in [1.29, 1.82) is 0 Å². The van der Waals surface area contributed by atoms with E-state index < -0.39 is 41.8 Å². The molecule has 1 fully saturated rings. The van der Waals surface area contributed by atoms with Gasteiger partial charge in [-0.2, -0.15) is 0 Å². The molecule has 1 saturated heterocycles. The minimum Gasteiger partial charge on any atom is -0.487 e. The fraction of sp³-hybridized carbons (Fsp3) is 0.243. The summed E-state index contributed by atoms with van der Waals surface area (Å²) in [6, 6.07) is 29.8. The van der Waals surface area contributed by atoms with Gasteiger partial charge in [0.05, 0.1) is 39.2 Å². The first-order valence-corrected chi connectivity index (χ1v) is 15.5. The maximum Gasteiger partial charge on any atom is 0.194 e. The third kappa shape index (κ3) is 8.00. The lowest BCUT2D eigenvalue weighted by Gasteiger charge is -2.43. The Labute approximate surface area is 276 Å². The molecule has 8 nitrogen and oxygen atoms in total. The van der Waals surface area contributed by atoms with E-state index in [4.69, 9.17) is 18.9 Å². The topological polar surface area (TPSA) is 87.9 Å². The molecule has 0 unspecified atom stereocenters. The average Bonchev–Trinajstić information content (AvgIpc) is 3.61. The molecule has 1 N–H and O–H groups in total. The Morgan fingerprint density at radius 1 is 0.771 bits per heavy atom. The molecule has 5 aromatic rings. The number of aliphatic hydroxyl groups excluding tert-OH is 1. The number of ether oxygens (including phenoxy) is 4. The minimum atomic E-state index is -1.57. The largest absolute Gasteiger partial charge is 0.487 e. The zero-order valence-electron chi connectivity index (χ0n) is 25.9. The molecule has 248 valence electrons. The van der Waals surface area contributed by atoms with Crippen LogP contribution in [0.25, 0.3) is 11.3 Å². The van der Waals surface area contributed by atoms with Crippen molar-refractivity contribution in [3.63, 3.8) is 0 Å². The highest BCUT2D eigenvalue weighted by Crippen LogP contribution is 2.38. The summed E-state index contributed by atoms with van der Waals surface area (Å²) < 4.78 is 69.3. The second kappa shape index (κ2) is 15.9. The zero-order chi connectivity index (χ0) is 33.3. The van der Waals surface area contributed by atoms with Gasteiger partial charge in [0.15, 0.2) is 17.5 Å². The lowest BCUT2D eigenvalue weighted by molar-refractivity contribution is -0.180. The first kappa shape index (κ1) is 33.1. The second-order valence-electron chi connectivity index (χ2n) is 11.3. The van der Waals surface area contributed by atoms with Crippen molar-refractivity contribution in [3.8, 4) is 11.3 Å². The molecule has 4 aromatic carbocycles. The molecule has 1 aliphatic heterocycles. The van der Waals surface area contributed by atoms with Crippen molar-refractivity contribution < 1.29 is 37.2 Å². The van der Waals surface area contributed by atoms with E-state index in [0.29, 0.717) is 12.4 Å². The van der Waals surface area contributed by atoms with Crippen LogP contribution in [0.4, 0.5) is 13.2 Å². The normalized spacial score (nSPS) is 20.1. The lowest BCUT2D eigenvalue weighted by Crippen LogP contribution is -2.52. The predicted molar refractivity (Wildman–Crippen MR) is 171 cm³/mol. The van der Waals surface area contributed by atoms with E-state index in [1.807, 2.05) is 91.0 Å². The van der Waals surface area contributed by atoms with Crippen molar-refractivity contribution in [2.45, 2.75) is 44.2 Å². The first-order chi connectivity index (χ1) is 23.5. The summed E-state index contributed by atoms with van der Waals surface area (Å²) in [5.41, 5.74) is 2.89. The van der Waals surface area contributed by atoms with Gasteiger partial charge in [-0.15, -0.1) is 5.10 Å². The Bertz CT molecular complexity index is 1770. The number of benzene rings is 4. The van der Waals surface area contributed by atoms with E-state index in [1.54, 1.807) is 0 Å². The van der Waals surface area contributed by atoms with Crippen LogP contribution in [-0.2, 0) is 38.8 Å². The van der Waals surface area contributed by atoms with Crippen molar-refractivity contribution in [1.82, 2.24) is 15.0 Å². The Hall–Kier alpha value is -4.81. The van der Waals surface area contributed by atoms with Gasteiger partial charge in [-0.1, -0.05) is 96.2 Å². The molecule has 0 aliphatic carbocycles. The van der Waals surface area contributed by atoms with E-state index in [2.05, 4.69) is 10.3 Å². The van der Waals surface area contributed by atoms with Crippen molar-refractivity contribution in [3.05, 3.63) is 155 Å². The lowest BCUT2D eigenvalue weighted by atomic mass is 9.94. The molecule has 1 aromatic heterocycles. The Balaban J connectivity index is 1.38. The van der Waals surface area contributed by atoms with Crippen LogP contribution in [0, 0.1) is 17.5 Å². The van der Waals surface area contributed by atoms with E-state index in [-0.39, 0.29) is 37.7 Å². The van der Waals surface area contributed by atoms with Gasteiger partial charge in [-0.05, 0) is 34.9 Å². The molecule has 0 spiro atoms. The molecule has 0 bridgehead atoms. The predicted octanol–water partition coefficient (Wildman–Crippen LogP) is 6.57. The van der Waals surface area contributed by atoms with E-state index in [1.165, 1.54) is 17.0 Å². The molecule has 11 heteroatoms.